The Hall–Kier alpha value is -3.85. The molecule has 0 radical (unpaired) electrons. The van der Waals surface area contributed by atoms with Crippen molar-refractivity contribution in [3.63, 3.8) is 0 Å². The Morgan fingerprint density at radius 2 is 1.78 bits per heavy atom. The average Bonchev–Trinajstić information content (AvgIpc) is 3.27. The zero-order chi connectivity index (χ0) is 23.0. The van der Waals surface area contributed by atoms with E-state index in [4.69, 9.17) is 10.5 Å². The Morgan fingerprint density at radius 3 is 2.44 bits per heavy atom. The molecule has 2 aromatic carbocycles. The van der Waals surface area contributed by atoms with Crippen LogP contribution in [0.1, 0.15) is 23.0 Å². The molecule has 2 aliphatic heterocycles. The van der Waals surface area contributed by atoms with Gasteiger partial charge in [0, 0.05) is 22.9 Å². The summed E-state index contributed by atoms with van der Waals surface area (Å²) in [6.07, 6.45) is 1.57. The second-order valence-corrected chi connectivity index (χ2v) is 9.52. The molecule has 4 rings (SSSR count). The highest BCUT2D eigenvalue weighted by Gasteiger charge is 2.22. The first kappa shape index (κ1) is 21.4. The summed E-state index contributed by atoms with van der Waals surface area (Å²) in [4.78, 5) is 15.7. The summed E-state index contributed by atoms with van der Waals surface area (Å²) in [5, 5.41) is 10.3. The number of aryl methyl sites for hydroxylation is 1. The lowest BCUT2D eigenvalue weighted by Crippen LogP contribution is -2.10. The van der Waals surface area contributed by atoms with Gasteiger partial charge in [0.05, 0.1) is 16.3 Å². The van der Waals surface area contributed by atoms with Crippen LogP contribution in [0.4, 0.5) is 0 Å². The SMILES string of the molecule is CCS(=O)(=O)c1ccc(Oc2ccc(C(N)=O)cc2)c(-c2cc(C)n(O)c3nccc2-3)c1. The van der Waals surface area contributed by atoms with Gasteiger partial charge in [0.1, 0.15) is 11.5 Å². The number of carbonyl (C=O) groups excluding carboxylic acids is 1. The summed E-state index contributed by atoms with van der Waals surface area (Å²) < 4.78 is 32.1. The molecule has 0 saturated heterocycles. The Labute approximate surface area is 185 Å². The molecule has 0 fully saturated rings. The van der Waals surface area contributed by atoms with Crippen molar-refractivity contribution in [2.24, 2.45) is 5.73 Å². The van der Waals surface area contributed by atoms with Crippen molar-refractivity contribution in [2.45, 2.75) is 18.7 Å². The summed E-state index contributed by atoms with van der Waals surface area (Å²) >= 11 is 0. The molecule has 0 bridgehead atoms. The number of rotatable bonds is 6. The molecule has 0 spiro atoms. The van der Waals surface area contributed by atoms with E-state index in [1.165, 1.54) is 6.07 Å². The number of pyridine rings is 1. The van der Waals surface area contributed by atoms with Crippen LogP contribution in [0.3, 0.4) is 0 Å². The van der Waals surface area contributed by atoms with E-state index in [0.717, 1.165) is 4.73 Å². The predicted molar refractivity (Wildman–Crippen MR) is 119 cm³/mol. The maximum atomic E-state index is 12.5. The number of amides is 1. The lowest BCUT2D eigenvalue weighted by Gasteiger charge is -2.18. The first-order valence-corrected chi connectivity index (χ1v) is 11.5. The number of hydrogen-bond donors (Lipinski definition) is 2. The molecule has 0 atom stereocenters. The average molecular weight is 452 g/mol. The van der Waals surface area contributed by atoms with Gasteiger partial charge >= 0.3 is 0 Å². The second kappa shape index (κ2) is 8.01. The zero-order valence-corrected chi connectivity index (χ0v) is 18.3. The minimum atomic E-state index is -3.47. The largest absolute Gasteiger partial charge is 0.457 e. The molecule has 0 aliphatic carbocycles. The number of primary amides is 1. The summed E-state index contributed by atoms with van der Waals surface area (Å²) in [6, 6.07) is 14.5. The van der Waals surface area contributed by atoms with Gasteiger partial charge in [-0.15, -0.1) is 0 Å². The van der Waals surface area contributed by atoms with E-state index < -0.39 is 15.7 Å². The van der Waals surface area contributed by atoms with Gasteiger partial charge in [-0.05, 0) is 67.1 Å². The second-order valence-electron chi connectivity index (χ2n) is 7.25. The van der Waals surface area contributed by atoms with E-state index in [9.17, 15) is 18.4 Å². The highest BCUT2D eigenvalue weighted by molar-refractivity contribution is 7.91. The molecule has 0 aromatic heterocycles. The van der Waals surface area contributed by atoms with Crippen LogP contribution in [0, 0.1) is 6.92 Å². The van der Waals surface area contributed by atoms with E-state index in [1.54, 1.807) is 68.6 Å². The maximum Gasteiger partial charge on any atom is 0.248 e. The minimum absolute atomic E-state index is 0.0426. The van der Waals surface area contributed by atoms with Crippen molar-refractivity contribution in [1.82, 2.24) is 9.71 Å². The van der Waals surface area contributed by atoms with Gasteiger partial charge < -0.3 is 15.7 Å². The molecule has 2 aromatic rings. The Morgan fingerprint density at radius 1 is 1.06 bits per heavy atom. The fraction of sp³-hybridized carbons (Fsp3) is 0.130. The van der Waals surface area contributed by atoms with Crippen LogP contribution >= 0.6 is 0 Å². The Bertz CT molecular complexity index is 1390. The van der Waals surface area contributed by atoms with Crippen LogP contribution < -0.4 is 10.5 Å². The predicted octanol–water partition coefficient (Wildman–Crippen LogP) is 3.89. The van der Waals surface area contributed by atoms with Gasteiger partial charge in [-0.1, -0.05) is 6.92 Å². The fourth-order valence-electron chi connectivity index (χ4n) is 3.43. The molecular weight excluding hydrogens is 430 g/mol. The summed E-state index contributed by atoms with van der Waals surface area (Å²) in [5.74, 6) is 0.613. The lowest BCUT2D eigenvalue weighted by atomic mass is 9.98. The van der Waals surface area contributed by atoms with Crippen LogP contribution in [0.25, 0.3) is 22.5 Å². The molecule has 2 heterocycles. The molecule has 164 valence electrons. The van der Waals surface area contributed by atoms with Gasteiger partial charge in [0.2, 0.25) is 5.91 Å². The molecule has 3 N–H and O–H groups in total. The lowest BCUT2D eigenvalue weighted by molar-refractivity contribution is 0.1000. The van der Waals surface area contributed by atoms with Gasteiger partial charge in [0.25, 0.3) is 0 Å². The van der Waals surface area contributed by atoms with Crippen molar-refractivity contribution in [3.8, 4) is 34.0 Å². The standard InChI is InChI=1S/C23H21N3O5S/c1-3-32(29,30)17-8-9-21(31-16-6-4-15(5-7-16)22(24)27)20(13-17)19-12-14(2)26(28)23-18(19)10-11-25-23/h4-13,28H,3H2,1-2H3,(H2,24,27). The third-order valence-corrected chi connectivity index (χ3v) is 6.94. The number of nitrogens with two attached hydrogens (primary N) is 1. The van der Waals surface area contributed by atoms with Crippen molar-refractivity contribution < 1.29 is 23.2 Å². The fourth-order valence-corrected chi connectivity index (χ4v) is 4.33. The normalized spacial score (nSPS) is 11.6. The third-order valence-electron chi connectivity index (χ3n) is 5.20. The highest BCUT2D eigenvalue weighted by atomic mass is 32.2. The Balaban J connectivity index is 1.90. The zero-order valence-electron chi connectivity index (χ0n) is 17.4. The molecule has 1 amide bonds. The number of aromatic nitrogens is 2. The maximum absolute atomic E-state index is 12.5. The third kappa shape index (κ3) is 3.78. The molecule has 8 nitrogen and oxygen atoms in total. The van der Waals surface area contributed by atoms with Crippen LogP contribution in [-0.2, 0) is 9.84 Å². The molecule has 0 unspecified atom stereocenters. The molecular formula is C23H21N3O5S. The number of sulfone groups is 1. The van der Waals surface area contributed by atoms with Crippen LogP contribution in [0.5, 0.6) is 11.5 Å². The molecule has 2 aliphatic rings. The number of fused-ring (bicyclic) bond motifs is 1. The van der Waals surface area contributed by atoms with E-state index in [2.05, 4.69) is 4.98 Å². The van der Waals surface area contributed by atoms with Crippen molar-refractivity contribution in [3.05, 3.63) is 72.1 Å². The van der Waals surface area contributed by atoms with E-state index in [0.29, 0.717) is 45.3 Å². The summed E-state index contributed by atoms with van der Waals surface area (Å²) in [6.45, 7) is 3.30. The van der Waals surface area contributed by atoms with E-state index in [1.807, 2.05) is 0 Å². The monoisotopic (exact) mass is 451 g/mol. The van der Waals surface area contributed by atoms with Gasteiger partial charge in [-0.2, -0.15) is 4.73 Å². The van der Waals surface area contributed by atoms with Crippen LogP contribution in [-0.4, -0.2) is 35.0 Å². The summed E-state index contributed by atoms with van der Waals surface area (Å²) in [7, 11) is -3.47. The molecule has 9 heteroatoms. The van der Waals surface area contributed by atoms with Gasteiger partial charge in [-0.25, -0.2) is 13.4 Å². The van der Waals surface area contributed by atoms with Crippen LogP contribution in [0.15, 0.2) is 65.7 Å². The molecule has 0 saturated carbocycles. The molecule has 32 heavy (non-hydrogen) atoms. The van der Waals surface area contributed by atoms with Gasteiger partial charge in [-0.3, -0.25) is 4.79 Å². The minimum Gasteiger partial charge on any atom is -0.457 e. The van der Waals surface area contributed by atoms with E-state index >= 15 is 0 Å². The van der Waals surface area contributed by atoms with Crippen molar-refractivity contribution >= 4 is 15.7 Å². The van der Waals surface area contributed by atoms with Gasteiger partial charge in [0.15, 0.2) is 15.7 Å². The Kier molecular flexibility index (Phi) is 5.35. The number of nitrogens with zero attached hydrogens (tertiary/aromatic N) is 2. The number of benzene rings is 2. The number of ether oxygens (including phenoxy) is 1. The first-order chi connectivity index (χ1) is 15.2. The number of carbonyl (C=O) groups is 1. The first-order valence-electron chi connectivity index (χ1n) is 9.82. The van der Waals surface area contributed by atoms with Crippen molar-refractivity contribution in [1.29, 1.82) is 0 Å². The van der Waals surface area contributed by atoms with Crippen molar-refractivity contribution in [2.75, 3.05) is 5.75 Å². The topological polar surface area (TPSA) is 125 Å². The van der Waals surface area contributed by atoms with E-state index in [-0.39, 0.29) is 10.6 Å². The quantitative estimate of drug-likeness (QED) is 0.429. The number of hydrogen-bond acceptors (Lipinski definition) is 6. The van der Waals surface area contributed by atoms with Crippen LogP contribution in [0.2, 0.25) is 0 Å². The summed E-state index contributed by atoms with van der Waals surface area (Å²) in [5.41, 5.74) is 7.99. The smallest absolute Gasteiger partial charge is 0.248 e. The highest BCUT2D eigenvalue weighted by Crippen LogP contribution is 2.41.